The Balaban J connectivity index is 1.43. The Morgan fingerprint density at radius 2 is 1.82 bits per heavy atom. The molecular formula is C23H32N4O5S. The second kappa shape index (κ2) is 9.06. The molecule has 0 saturated carbocycles. The molecule has 2 aromatic rings. The first-order valence-electron chi connectivity index (χ1n) is 11.3. The maximum Gasteiger partial charge on any atom is 0.410 e. The average Bonchev–Trinajstić information content (AvgIpc) is 3.21. The topological polar surface area (TPSA) is 102 Å². The van der Waals surface area contributed by atoms with Crippen LogP contribution >= 0.6 is 0 Å². The van der Waals surface area contributed by atoms with Gasteiger partial charge in [0.05, 0.1) is 24.0 Å². The van der Waals surface area contributed by atoms with E-state index in [2.05, 4.69) is 9.97 Å². The van der Waals surface area contributed by atoms with Gasteiger partial charge in [0.1, 0.15) is 23.8 Å². The van der Waals surface area contributed by atoms with Crippen LogP contribution in [0.4, 0.5) is 4.79 Å². The Hall–Kier alpha value is -2.46. The third-order valence-corrected chi connectivity index (χ3v) is 7.32. The van der Waals surface area contributed by atoms with Crippen molar-refractivity contribution in [3.63, 3.8) is 0 Å². The van der Waals surface area contributed by atoms with Crippen LogP contribution in [0.15, 0.2) is 24.5 Å². The van der Waals surface area contributed by atoms with Crippen molar-refractivity contribution in [2.75, 3.05) is 32.4 Å². The Bertz CT molecular complexity index is 1120. The normalized spacial score (nSPS) is 20.8. The summed E-state index contributed by atoms with van der Waals surface area (Å²) in [4.78, 5) is 23.1. The van der Waals surface area contributed by atoms with Crippen LogP contribution < -0.4 is 4.74 Å². The first-order chi connectivity index (χ1) is 15.5. The number of likely N-dealkylation sites (tertiary alicyclic amines) is 1. The number of sulfonamides is 1. The number of ether oxygens (including phenoxy) is 2. The number of carbonyl (C=O) groups excluding carboxylic acids is 1. The predicted octanol–water partition coefficient (Wildman–Crippen LogP) is 3.16. The van der Waals surface area contributed by atoms with E-state index in [0.717, 1.165) is 29.4 Å². The van der Waals surface area contributed by atoms with Gasteiger partial charge in [-0.25, -0.2) is 23.2 Å². The van der Waals surface area contributed by atoms with E-state index in [0.29, 0.717) is 38.3 Å². The molecule has 2 saturated heterocycles. The van der Waals surface area contributed by atoms with Crippen LogP contribution in [0.2, 0.25) is 0 Å². The van der Waals surface area contributed by atoms with E-state index in [1.807, 2.05) is 39.0 Å². The van der Waals surface area contributed by atoms with Crippen LogP contribution in [0.3, 0.4) is 0 Å². The highest BCUT2D eigenvalue weighted by Crippen LogP contribution is 2.33. The number of hydrogen-bond acceptors (Lipinski definition) is 7. The first-order valence-corrected chi connectivity index (χ1v) is 13.2. The first kappa shape index (κ1) is 23.7. The van der Waals surface area contributed by atoms with Gasteiger partial charge in [0.2, 0.25) is 10.0 Å². The van der Waals surface area contributed by atoms with Gasteiger partial charge in [-0.05, 0) is 52.2 Å². The fourth-order valence-electron chi connectivity index (χ4n) is 4.41. The van der Waals surface area contributed by atoms with E-state index in [4.69, 9.17) is 9.47 Å². The van der Waals surface area contributed by atoms with Crippen molar-refractivity contribution in [3.8, 4) is 5.75 Å². The number of benzene rings is 1. The van der Waals surface area contributed by atoms with Gasteiger partial charge >= 0.3 is 6.09 Å². The van der Waals surface area contributed by atoms with E-state index in [9.17, 15) is 13.2 Å². The number of carbonyl (C=O) groups is 1. The number of amides is 1. The van der Waals surface area contributed by atoms with Crippen molar-refractivity contribution in [2.45, 2.75) is 57.7 Å². The summed E-state index contributed by atoms with van der Waals surface area (Å²) in [6.07, 6.45) is 4.65. The number of piperidine rings is 1. The Labute approximate surface area is 195 Å². The average molecular weight is 477 g/mol. The lowest BCUT2D eigenvalue weighted by molar-refractivity contribution is 0.0204. The predicted molar refractivity (Wildman–Crippen MR) is 125 cm³/mol. The summed E-state index contributed by atoms with van der Waals surface area (Å²) in [7, 11) is -3.20. The third-order valence-electron chi connectivity index (χ3n) is 6.05. The number of aromatic nitrogens is 2. The number of rotatable bonds is 4. The standard InChI is InChI=1S/C23H32N4O5S/c1-23(2,3)32-22(28)26-10-7-16(8-11-26)21-19-6-5-17(13-20(19)24-15-25-21)31-18-9-12-27(14-18)33(4,29)30/h5-6,13,15-16,18H,7-12,14H2,1-4H3. The van der Waals surface area contributed by atoms with Crippen LogP contribution in [0.25, 0.3) is 10.9 Å². The van der Waals surface area contributed by atoms with Gasteiger partial charge in [-0.15, -0.1) is 0 Å². The van der Waals surface area contributed by atoms with Gasteiger partial charge < -0.3 is 14.4 Å². The molecule has 2 aliphatic heterocycles. The van der Waals surface area contributed by atoms with Gasteiger partial charge in [-0.1, -0.05) is 0 Å². The zero-order chi connectivity index (χ0) is 23.8. The van der Waals surface area contributed by atoms with Crippen molar-refractivity contribution in [3.05, 3.63) is 30.2 Å². The van der Waals surface area contributed by atoms with Crippen LogP contribution in [-0.4, -0.2) is 77.8 Å². The third kappa shape index (κ3) is 5.73. The molecule has 1 atom stereocenters. The van der Waals surface area contributed by atoms with Crippen LogP contribution in [-0.2, 0) is 14.8 Å². The quantitative estimate of drug-likeness (QED) is 0.668. The highest BCUT2D eigenvalue weighted by atomic mass is 32.2. The molecule has 10 heteroatoms. The van der Waals surface area contributed by atoms with Gasteiger partial charge in [-0.2, -0.15) is 4.31 Å². The van der Waals surface area contributed by atoms with Crippen molar-refractivity contribution in [2.24, 2.45) is 0 Å². The largest absolute Gasteiger partial charge is 0.489 e. The zero-order valence-corrected chi connectivity index (χ0v) is 20.5. The summed E-state index contributed by atoms with van der Waals surface area (Å²) in [6.45, 7) is 7.72. The molecule has 3 heterocycles. The molecule has 4 rings (SSSR count). The number of fused-ring (bicyclic) bond motifs is 1. The van der Waals surface area contributed by atoms with Crippen LogP contribution in [0.1, 0.15) is 51.6 Å². The highest BCUT2D eigenvalue weighted by Gasteiger charge is 2.31. The van der Waals surface area contributed by atoms with Crippen LogP contribution in [0.5, 0.6) is 5.75 Å². The van der Waals surface area contributed by atoms with Crippen LogP contribution in [0, 0.1) is 0 Å². The van der Waals surface area contributed by atoms with Gasteiger partial charge in [0.15, 0.2) is 0 Å². The molecule has 0 N–H and O–H groups in total. The molecule has 2 aliphatic rings. The summed E-state index contributed by atoms with van der Waals surface area (Å²) in [5.74, 6) is 0.909. The van der Waals surface area contributed by atoms with E-state index in [1.54, 1.807) is 11.2 Å². The summed E-state index contributed by atoms with van der Waals surface area (Å²) in [5, 5.41) is 0.977. The number of nitrogens with zero attached hydrogens (tertiary/aromatic N) is 4. The molecule has 1 unspecified atom stereocenters. The Kier molecular flexibility index (Phi) is 6.50. The Morgan fingerprint density at radius 3 is 2.45 bits per heavy atom. The molecule has 0 spiro atoms. The van der Waals surface area contributed by atoms with E-state index < -0.39 is 15.6 Å². The minimum Gasteiger partial charge on any atom is -0.489 e. The molecule has 1 amide bonds. The maximum atomic E-state index is 12.4. The van der Waals surface area contributed by atoms with Crippen molar-refractivity contribution >= 4 is 27.0 Å². The number of hydrogen-bond donors (Lipinski definition) is 0. The van der Waals surface area contributed by atoms with Crippen molar-refractivity contribution < 1.29 is 22.7 Å². The van der Waals surface area contributed by atoms with Crippen molar-refractivity contribution in [1.29, 1.82) is 0 Å². The van der Waals surface area contributed by atoms with E-state index in [-0.39, 0.29) is 18.1 Å². The summed E-state index contributed by atoms with van der Waals surface area (Å²) < 4.78 is 36.5. The molecule has 1 aromatic heterocycles. The molecular weight excluding hydrogens is 444 g/mol. The second-order valence-corrected chi connectivity index (χ2v) is 11.8. The Morgan fingerprint density at radius 1 is 1.09 bits per heavy atom. The molecule has 0 bridgehead atoms. The smallest absolute Gasteiger partial charge is 0.410 e. The molecule has 2 fully saturated rings. The lowest BCUT2D eigenvalue weighted by Crippen LogP contribution is -2.41. The molecule has 33 heavy (non-hydrogen) atoms. The minimum atomic E-state index is -3.20. The van der Waals surface area contributed by atoms with E-state index in [1.165, 1.54) is 10.6 Å². The summed E-state index contributed by atoms with van der Waals surface area (Å²) in [6, 6.07) is 5.76. The molecule has 0 radical (unpaired) electrons. The van der Waals surface area contributed by atoms with Gasteiger partial charge in [0, 0.05) is 37.0 Å². The van der Waals surface area contributed by atoms with Gasteiger partial charge in [0.25, 0.3) is 0 Å². The molecule has 0 aliphatic carbocycles. The highest BCUT2D eigenvalue weighted by molar-refractivity contribution is 7.88. The van der Waals surface area contributed by atoms with Crippen molar-refractivity contribution in [1.82, 2.24) is 19.2 Å². The van der Waals surface area contributed by atoms with Gasteiger partial charge in [-0.3, -0.25) is 0 Å². The minimum absolute atomic E-state index is 0.171. The fourth-order valence-corrected chi connectivity index (χ4v) is 5.28. The summed E-state index contributed by atoms with van der Waals surface area (Å²) >= 11 is 0. The monoisotopic (exact) mass is 476 g/mol. The molecule has 1 aromatic carbocycles. The fraction of sp³-hybridized carbons (Fsp3) is 0.609. The zero-order valence-electron chi connectivity index (χ0n) is 19.7. The second-order valence-electron chi connectivity index (χ2n) is 9.83. The van der Waals surface area contributed by atoms with E-state index >= 15 is 0 Å². The summed E-state index contributed by atoms with van der Waals surface area (Å²) in [5.41, 5.74) is 1.28. The lowest BCUT2D eigenvalue weighted by Gasteiger charge is -2.33. The molecule has 9 nitrogen and oxygen atoms in total. The maximum absolute atomic E-state index is 12.4. The lowest BCUT2D eigenvalue weighted by atomic mass is 9.91. The SMILES string of the molecule is CC(C)(C)OC(=O)N1CCC(c2ncnc3cc(OC4CCN(S(C)(=O)=O)C4)ccc23)CC1. The molecule has 180 valence electrons.